The number of thiocarbonyl (C=S) groups is 1. The van der Waals surface area contributed by atoms with Crippen LogP contribution in [0, 0.1) is 12.8 Å². The highest BCUT2D eigenvalue weighted by Crippen LogP contribution is 2.52. The molecule has 1 aliphatic heterocycles. The molecule has 0 bridgehead atoms. The fourth-order valence-electron chi connectivity index (χ4n) is 6.07. The monoisotopic (exact) mass is 473 g/mol. The minimum atomic E-state index is 0.0398. The summed E-state index contributed by atoms with van der Waals surface area (Å²) in [6, 6.07) is 15.5. The second-order valence-corrected chi connectivity index (χ2v) is 11.2. The van der Waals surface area contributed by atoms with Gasteiger partial charge in [0.25, 0.3) is 5.91 Å². The van der Waals surface area contributed by atoms with Crippen LogP contribution in [0.3, 0.4) is 0 Å². The Kier molecular flexibility index (Phi) is 6.32. The van der Waals surface area contributed by atoms with Gasteiger partial charge in [-0.2, -0.15) is 0 Å². The smallest absolute Gasteiger partial charge is 0.266 e. The fourth-order valence-corrected chi connectivity index (χ4v) is 7.45. The van der Waals surface area contributed by atoms with Gasteiger partial charge in [-0.1, -0.05) is 72.9 Å². The Hall–Kier alpha value is -2.17. The Balaban J connectivity index is 1.49. The summed E-state index contributed by atoms with van der Waals surface area (Å²) in [5, 5.41) is 0. The van der Waals surface area contributed by atoms with Gasteiger partial charge in [-0.15, -0.1) is 0 Å². The molecule has 2 aliphatic carbocycles. The number of hydrogen-bond donors (Lipinski definition) is 0. The average Bonchev–Trinajstić information content (AvgIpc) is 3.38. The molecule has 0 N–H and O–H groups in total. The van der Waals surface area contributed by atoms with Gasteiger partial charge in [-0.25, -0.2) is 0 Å². The van der Waals surface area contributed by atoms with Crippen LogP contribution < -0.4 is 0 Å². The van der Waals surface area contributed by atoms with Gasteiger partial charge in [0.05, 0.1) is 4.91 Å². The number of allylic oxidation sites excluding steroid dienone is 2. The molecule has 1 fully saturated rings. The highest BCUT2D eigenvalue weighted by molar-refractivity contribution is 8.26. The van der Waals surface area contributed by atoms with Crippen LogP contribution in [-0.2, 0) is 11.2 Å². The predicted octanol–water partition coefficient (Wildman–Crippen LogP) is 7.52. The SMILES string of the molecule is CCN1C(=O)C(=Cc2cc(C)c3c(c2)C2=C(CCC2)C(CCc2ccccc2)C3C)SC1=S. The minimum Gasteiger partial charge on any atom is -0.293 e. The molecule has 1 saturated heterocycles. The molecule has 170 valence electrons. The Bertz CT molecular complexity index is 1180. The van der Waals surface area contributed by atoms with Gasteiger partial charge < -0.3 is 0 Å². The summed E-state index contributed by atoms with van der Waals surface area (Å²) in [7, 11) is 0. The maximum absolute atomic E-state index is 12.7. The van der Waals surface area contributed by atoms with Crippen molar-refractivity contribution in [2.45, 2.75) is 58.8 Å². The zero-order valence-corrected chi connectivity index (χ0v) is 21.3. The van der Waals surface area contributed by atoms with Crippen LogP contribution in [0.25, 0.3) is 11.6 Å². The number of carbonyl (C=O) groups excluding carboxylic acids is 1. The van der Waals surface area contributed by atoms with Crippen LogP contribution in [0.2, 0.25) is 0 Å². The molecule has 2 aromatic carbocycles. The van der Waals surface area contributed by atoms with Crippen molar-refractivity contribution < 1.29 is 4.79 Å². The highest BCUT2D eigenvalue weighted by Gasteiger charge is 2.36. The first-order valence-electron chi connectivity index (χ1n) is 12.1. The number of hydrogen-bond acceptors (Lipinski definition) is 3. The molecular weight excluding hydrogens is 442 g/mol. The number of aryl methyl sites for hydroxylation is 2. The third-order valence-corrected chi connectivity index (χ3v) is 8.95. The number of carbonyl (C=O) groups is 1. The number of amides is 1. The van der Waals surface area contributed by atoms with E-state index in [1.165, 1.54) is 59.7 Å². The van der Waals surface area contributed by atoms with E-state index in [0.29, 0.717) is 22.7 Å². The van der Waals surface area contributed by atoms with E-state index in [1.54, 1.807) is 16.0 Å². The molecule has 1 amide bonds. The van der Waals surface area contributed by atoms with Crippen LogP contribution in [0.5, 0.6) is 0 Å². The molecule has 2 atom stereocenters. The summed E-state index contributed by atoms with van der Waals surface area (Å²) < 4.78 is 0.666. The molecule has 0 spiro atoms. The van der Waals surface area contributed by atoms with Gasteiger partial charge in [0.2, 0.25) is 0 Å². The molecule has 2 aromatic rings. The van der Waals surface area contributed by atoms with E-state index in [0.717, 1.165) is 16.9 Å². The molecule has 33 heavy (non-hydrogen) atoms. The summed E-state index contributed by atoms with van der Waals surface area (Å²) in [4.78, 5) is 15.2. The molecule has 0 aromatic heterocycles. The normalized spacial score (nSPS) is 23.5. The van der Waals surface area contributed by atoms with Gasteiger partial charge in [-0.05, 0) is 103 Å². The lowest BCUT2D eigenvalue weighted by Gasteiger charge is -2.35. The zero-order chi connectivity index (χ0) is 23.1. The van der Waals surface area contributed by atoms with Crippen molar-refractivity contribution >= 4 is 45.9 Å². The number of fused-ring (bicyclic) bond motifs is 2. The van der Waals surface area contributed by atoms with Crippen molar-refractivity contribution in [2.24, 2.45) is 5.92 Å². The van der Waals surface area contributed by atoms with Crippen molar-refractivity contribution in [1.29, 1.82) is 0 Å². The largest absolute Gasteiger partial charge is 0.293 e. The molecule has 0 saturated carbocycles. The topological polar surface area (TPSA) is 20.3 Å². The third-order valence-electron chi connectivity index (χ3n) is 7.58. The second-order valence-electron chi connectivity index (χ2n) is 9.50. The van der Waals surface area contributed by atoms with Gasteiger partial charge in [-0.3, -0.25) is 9.69 Å². The van der Waals surface area contributed by atoms with Crippen LogP contribution in [0.4, 0.5) is 0 Å². The van der Waals surface area contributed by atoms with Crippen molar-refractivity contribution in [3.8, 4) is 0 Å². The lowest BCUT2D eigenvalue weighted by atomic mass is 9.69. The van der Waals surface area contributed by atoms with Crippen molar-refractivity contribution in [2.75, 3.05) is 6.54 Å². The molecule has 3 aliphatic rings. The summed E-state index contributed by atoms with van der Waals surface area (Å²) in [5.74, 6) is 1.19. The lowest BCUT2D eigenvalue weighted by molar-refractivity contribution is -0.121. The maximum atomic E-state index is 12.7. The predicted molar refractivity (Wildman–Crippen MR) is 144 cm³/mol. The molecule has 2 nitrogen and oxygen atoms in total. The Morgan fingerprint density at radius 2 is 1.97 bits per heavy atom. The van der Waals surface area contributed by atoms with Gasteiger partial charge in [0.15, 0.2) is 0 Å². The first-order valence-corrected chi connectivity index (χ1v) is 13.4. The molecule has 1 heterocycles. The van der Waals surface area contributed by atoms with Crippen LogP contribution >= 0.6 is 24.0 Å². The van der Waals surface area contributed by atoms with Crippen LogP contribution in [0.15, 0.2) is 52.9 Å². The molecule has 2 unspecified atom stereocenters. The minimum absolute atomic E-state index is 0.0398. The van der Waals surface area contributed by atoms with Crippen molar-refractivity contribution in [3.63, 3.8) is 0 Å². The number of thioether (sulfide) groups is 1. The first kappa shape index (κ1) is 22.6. The van der Waals surface area contributed by atoms with E-state index in [9.17, 15) is 4.79 Å². The van der Waals surface area contributed by atoms with Crippen molar-refractivity contribution in [3.05, 3.63) is 80.8 Å². The Morgan fingerprint density at radius 3 is 2.70 bits per heavy atom. The lowest BCUT2D eigenvalue weighted by Crippen LogP contribution is -2.27. The quantitative estimate of drug-likeness (QED) is 0.331. The van der Waals surface area contributed by atoms with E-state index >= 15 is 0 Å². The molecular formula is C29H31NOS2. The number of benzene rings is 2. The van der Waals surface area contributed by atoms with E-state index < -0.39 is 0 Å². The summed E-state index contributed by atoms with van der Waals surface area (Å²) in [5.41, 5.74) is 10.1. The number of nitrogens with zero attached hydrogens (tertiary/aromatic N) is 1. The second kappa shape index (κ2) is 9.23. The van der Waals surface area contributed by atoms with E-state index in [1.807, 2.05) is 13.0 Å². The van der Waals surface area contributed by atoms with Crippen LogP contribution in [0.1, 0.15) is 73.3 Å². The van der Waals surface area contributed by atoms with Gasteiger partial charge >= 0.3 is 0 Å². The summed E-state index contributed by atoms with van der Waals surface area (Å²) >= 11 is 6.83. The van der Waals surface area contributed by atoms with Crippen molar-refractivity contribution in [1.82, 2.24) is 4.90 Å². The van der Waals surface area contributed by atoms with E-state index in [2.05, 4.69) is 56.3 Å². The average molecular weight is 474 g/mol. The number of rotatable bonds is 5. The van der Waals surface area contributed by atoms with Crippen LogP contribution in [-0.4, -0.2) is 21.7 Å². The molecule has 0 radical (unpaired) electrons. The number of likely N-dealkylation sites (N-methyl/N-ethyl adjacent to an activating group) is 1. The Morgan fingerprint density at radius 1 is 1.18 bits per heavy atom. The summed E-state index contributed by atoms with van der Waals surface area (Å²) in [6.07, 6.45) is 8.07. The maximum Gasteiger partial charge on any atom is 0.266 e. The van der Waals surface area contributed by atoms with E-state index in [-0.39, 0.29) is 5.91 Å². The van der Waals surface area contributed by atoms with E-state index in [4.69, 9.17) is 12.2 Å². The Labute approximate surface area is 207 Å². The standard InChI is InChI=1S/C29H31NOS2/c1-4-30-28(31)26(33-29(30)32)17-21-15-18(2)27-19(3)22(14-13-20-9-6-5-7-10-20)23-11-8-12-24(23)25(27)16-21/h5-7,9-10,15-17,19,22H,4,8,11-14H2,1-3H3. The molecule has 5 rings (SSSR count). The molecule has 4 heteroatoms. The fraction of sp³-hybridized carbons (Fsp3) is 0.379. The third kappa shape index (κ3) is 4.13. The van der Waals surface area contributed by atoms with Gasteiger partial charge in [0, 0.05) is 6.54 Å². The summed E-state index contributed by atoms with van der Waals surface area (Å²) in [6.45, 7) is 7.28. The first-order chi connectivity index (χ1) is 16.0. The zero-order valence-electron chi connectivity index (χ0n) is 19.7. The van der Waals surface area contributed by atoms with Gasteiger partial charge in [0.1, 0.15) is 4.32 Å². The highest BCUT2D eigenvalue weighted by atomic mass is 32.2.